The zero-order chi connectivity index (χ0) is 15.5. The maximum atomic E-state index is 12.2. The molecule has 0 saturated heterocycles. The summed E-state index contributed by atoms with van der Waals surface area (Å²) < 4.78 is 0. The van der Waals surface area contributed by atoms with Crippen LogP contribution in [0.3, 0.4) is 0 Å². The first-order chi connectivity index (χ1) is 9.93. The van der Waals surface area contributed by atoms with Gasteiger partial charge in [0.15, 0.2) is 5.69 Å². The van der Waals surface area contributed by atoms with E-state index in [1.54, 1.807) is 0 Å². The van der Waals surface area contributed by atoms with Gasteiger partial charge in [0.2, 0.25) is 0 Å². The van der Waals surface area contributed by atoms with E-state index in [-0.39, 0.29) is 17.9 Å². The normalized spacial score (nSPS) is 11.8. The van der Waals surface area contributed by atoms with Crippen molar-refractivity contribution in [3.8, 4) is 0 Å². The van der Waals surface area contributed by atoms with Crippen molar-refractivity contribution in [1.82, 2.24) is 15.5 Å². The van der Waals surface area contributed by atoms with E-state index in [0.29, 0.717) is 12.2 Å². The zero-order valence-electron chi connectivity index (χ0n) is 12.9. The first-order valence-electron chi connectivity index (χ1n) is 7.27. The van der Waals surface area contributed by atoms with Crippen LogP contribution >= 0.6 is 0 Å². The molecule has 5 heteroatoms. The van der Waals surface area contributed by atoms with E-state index in [4.69, 9.17) is 0 Å². The van der Waals surface area contributed by atoms with Crippen LogP contribution in [0.1, 0.15) is 42.7 Å². The molecule has 1 aromatic heterocycles. The molecular weight excluding hydrogens is 266 g/mol. The molecule has 0 unspecified atom stereocenters. The molecule has 21 heavy (non-hydrogen) atoms. The predicted molar refractivity (Wildman–Crippen MR) is 83.3 cm³/mol. The molecule has 0 aliphatic rings. The Morgan fingerprint density at radius 1 is 1.43 bits per heavy atom. The van der Waals surface area contributed by atoms with Gasteiger partial charge in [-0.3, -0.25) is 9.89 Å². The number of rotatable bonds is 6. The summed E-state index contributed by atoms with van der Waals surface area (Å²) in [4.78, 5) is 12.2. The number of hydrogen-bond acceptors (Lipinski definition) is 3. The Balaban J connectivity index is 1.95. The summed E-state index contributed by atoms with van der Waals surface area (Å²) >= 11 is 0. The van der Waals surface area contributed by atoms with E-state index < -0.39 is 0 Å². The van der Waals surface area contributed by atoms with Gasteiger partial charge in [-0.1, -0.05) is 25.5 Å². The van der Waals surface area contributed by atoms with Crippen LogP contribution in [0.4, 0.5) is 0 Å². The monoisotopic (exact) mass is 289 g/mol. The number of hydrogen-bond donors (Lipinski definition) is 3. The molecule has 0 saturated carbocycles. The summed E-state index contributed by atoms with van der Waals surface area (Å²) in [5.41, 5.74) is 2.31. The smallest absolute Gasteiger partial charge is 0.272 e. The highest BCUT2D eigenvalue weighted by Crippen LogP contribution is 2.21. The third kappa shape index (κ3) is 3.82. The van der Waals surface area contributed by atoms with Crippen LogP contribution in [-0.2, 0) is 0 Å². The number of amides is 1. The van der Waals surface area contributed by atoms with Crippen molar-refractivity contribution in [2.24, 2.45) is 5.41 Å². The molecule has 1 amide bonds. The maximum Gasteiger partial charge on any atom is 0.272 e. The number of aromatic nitrogens is 2. The van der Waals surface area contributed by atoms with Crippen molar-refractivity contribution >= 4 is 16.8 Å². The van der Waals surface area contributed by atoms with Gasteiger partial charge in [-0.2, -0.15) is 5.10 Å². The van der Waals surface area contributed by atoms with E-state index in [1.165, 1.54) is 0 Å². The van der Waals surface area contributed by atoms with Crippen LogP contribution in [0.25, 0.3) is 10.9 Å². The number of aliphatic hydroxyl groups is 1. The van der Waals surface area contributed by atoms with Crippen LogP contribution in [0.15, 0.2) is 18.2 Å². The van der Waals surface area contributed by atoms with Crippen LogP contribution in [0.5, 0.6) is 0 Å². The molecule has 1 aromatic carbocycles. The third-order valence-corrected chi connectivity index (χ3v) is 3.68. The number of carbonyl (C=O) groups is 1. The Bertz CT molecular complexity index is 631. The number of aliphatic hydroxyl groups excluding tert-OH is 1. The molecule has 5 nitrogen and oxygen atoms in total. The first-order valence-corrected chi connectivity index (χ1v) is 7.27. The van der Waals surface area contributed by atoms with Gasteiger partial charge >= 0.3 is 0 Å². The molecule has 0 fully saturated rings. The molecule has 2 rings (SSSR count). The summed E-state index contributed by atoms with van der Waals surface area (Å²) in [6, 6.07) is 5.88. The molecule has 0 bridgehead atoms. The quantitative estimate of drug-likeness (QED) is 0.715. The average molecular weight is 289 g/mol. The van der Waals surface area contributed by atoms with Gasteiger partial charge in [0.05, 0.1) is 5.52 Å². The van der Waals surface area contributed by atoms with E-state index in [0.717, 1.165) is 29.3 Å². The second-order valence-corrected chi connectivity index (χ2v) is 6.30. The van der Waals surface area contributed by atoms with Crippen LogP contribution in [0, 0.1) is 12.3 Å². The fourth-order valence-electron chi connectivity index (χ4n) is 2.23. The van der Waals surface area contributed by atoms with E-state index >= 15 is 0 Å². The number of nitrogens with one attached hydrogen (secondary N) is 2. The molecule has 0 atom stereocenters. The summed E-state index contributed by atoms with van der Waals surface area (Å²) in [6.45, 7) is 6.76. The van der Waals surface area contributed by atoms with Gasteiger partial charge in [-0.05, 0) is 37.3 Å². The van der Waals surface area contributed by atoms with Crippen molar-refractivity contribution in [2.45, 2.75) is 33.6 Å². The first kappa shape index (κ1) is 15.5. The minimum absolute atomic E-state index is 0.0964. The second kappa shape index (κ2) is 6.26. The highest BCUT2D eigenvalue weighted by Gasteiger charge is 2.17. The Hall–Kier alpha value is -1.88. The Kier molecular flexibility index (Phi) is 4.63. The van der Waals surface area contributed by atoms with Gasteiger partial charge in [0.1, 0.15) is 0 Å². The van der Waals surface area contributed by atoms with Crippen molar-refractivity contribution in [3.63, 3.8) is 0 Å². The molecule has 0 aliphatic carbocycles. The topological polar surface area (TPSA) is 78.0 Å². The number of H-pyrrole nitrogens is 1. The Morgan fingerprint density at radius 3 is 2.90 bits per heavy atom. The molecule has 2 aromatic rings. The minimum Gasteiger partial charge on any atom is -0.396 e. The van der Waals surface area contributed by atoms with Gasteiger partial charge in [0, 0.05) is 18.5 Å². The standard InChI is InChI=1S/C16H23N3O2/c1-11-5-6-13-12(9-11)14(19-18-13)15(21)17-8-4-7-16(2,3)10-20/h5-6,9,20H,4,7-8,10H2,1-3H3,(H,17,21)(H,18,19). The van der Waals surface area contributed by atoms with Crippen LogP contribution in [0.2, 0.25) is 0 Å². The second-order valence-electron chi connectivity index (χ2n) is 6.30. The van der Waals surface area contributed by atoms with E-state index in [2.05, 4.69) is 15.5 Å². The fraction of sp³-hybridized carbons (Fsp3) is 0.500. The van der Waals surface area contributed by atoms with Crippen molar-refractivity contribution < 1.29 is 9.90 Å². The summed E-state index contributed by atoms with van der Waals surface area (Å²) in [5.74, 6) is -0.159. The SMILES string of the molecule is Cc1ccc2[nH]nc(C(=O)NCCCC(C)(C)CO)c2c1. The van der Waals surface area contributed by atoms with Crippen molar-refractivity contribution in [3.05, 3.63) is 29.5 Å². The number of aromatic amines is 1. The highest BCUT2D eigenvalue weighted by atomic mass is 16.3. The van der Waals surface area contributed by atoms with Crippen LogP contribution in [-0.4, -0.2) is 34.4 Å². The lowest BCUT2D eigenvalue weighted by Gasteiger charge is -2.21. The minimum atomic E-state index is -0.159. The van der Waals surface area contributed by atoms with Crippen molar-refractivity contribution in [1.29, 1.82) is 0 Å². The average Bonchev–Trinajstić information content (AvgIpc) is 2.86. The van der Waals surface area contributed by atoms with Gasteiger partial charge in [-0.25, -0.2) is 0 Å². The summed E-state index contributed by atoms with van der Waals surface area (Å²) in [6.07, 6.45) is 1.70. The fourth-order valence-corrected chi connectivity index (χ4v) is 2.23. The number of carbonyl (C=O) groups excluding carboxylic acids is 1. The summed E-state index contributed by atoms with van der Waals surface area (Å²) in [5, 5.41) is 19.9. The maximum absolute atomic E-state index is 12.2. The number of fused-ring (bicyclic) bond motifs is 1. The Labute approximate surface area is 124 Å². The predicted octanol–water partition coefficient (Wildman–Crippen LogP) is 2.40. The lowest BCUT2D eigenvalue weighted by molar-refractivity contribution is 0.0945. The number of aryl methyl sites for hydroxylation is 1. The van der Waals surface area contributed by atoms with E-state index in [9.17, 15) is 9.90 Å². The number of benzene rings is 1. The molecule has 0 aliphatic heterocycles. The molecule has 0 spiro atoms. The van der Waals surface area contributed by atoms with Gasteiger partial charge in [0.25, 0.3) is 5.91 Å². The molecule has 1 heterocycles. The largest absolute Gasteiger partial charge is 0.396 e. The van der Waals surface area contributed by atoms with Crippen molar-refractivity contribution in [2.75, 3.05) is 13.2 Å². The van der Waals surface area contributed by atoms with Gasteiger partial charge in [-0.15, -0.1) is 0 Å². The summed E-state index contributed by atoms with van der Waals surface area (Å²) in [7, 11) is 0. The molecule has 114 valence electrons. The Morgan fingerprint density at radius 2 is 2.19 bits per heavy atom. The lowest BCUT2D eigenvalue weighted by atomic mass is 9.89. The molecule has 0 radical (unpaired) electrons. The highest BCUT2D eigenvalue weighted by molar-refractivity contribution is 6.04. The van der Waals surface area contributed by atoms with Crippen LogP contribution < -0.4 is 5.32 Å². The molecular formula is C16H23N3O2. The van der Waals surface area contributed by atoms with Gasteiger partial charge < -0.3 is 10.4 Å². The lowest BCUT2D eigenvalue weighted by Crippen LogP contribution is -2.26. The molecule has 3 N–H and O–H groups in total. The zero-order valence-corrected chi connectivity index (χ0v) is 12.9. The number of nitrogens with zero attached hydrogens (tertiary/aromatic N) is 1. The third-order valence-electron chi connectivity index (χ3n) is 3.68. The van der Waals surface area contributed by atoms with E-state index in [1.807, 2.05) is 39.0 Å².